The van der Waals surface area contributed by atoms with E-state index in [0.29, 0.717) is 15.6 Å². The van der Waals surface area contributed by atoms with Crippen molar-refractivity contribution in [2.75, 3.05) is 0 Å². The molecular formula is C14H14N4O3S. The molecule has 1 aliphatic rings. The topological polar surface area (TPSA) is 97.0 Å². The molecule has 1 heterocycles. The summed E-state index contributed by atoms with van der Waals surface area (Å²) in [5.41, 5.74) is 0.714. The van der Waals surface area contributed by atoms with Gasteiger partial charge in [-0.05, 0) is 41.5 Å². The van der Waals surface area contributed by atoms with Crippen LogP contribution in [0.15, 0.2) is 39.4 Å². The van der Waals surface area contributed by atoms with Gasteiger partial charge < -0.3 is 0 Å². The van der Waals surface area contributed by atoms with Crippen molar-refractivity contribution in [2.45, 2.75) is 13.8 Å². The minimum atomic E-state index is -0.467. The van der Waals surface area contributed by atoms with Gasteiger partial charge in [0.2, 0.25) is 0 Å². The highest BCUT2D eigenvalue weighted by molar-refractivity contribution is 8.18. The van der Waals surface area contributed by atoms with Crippen LogP contribution in [0.1, 0.15) is 19.4 Å². The Labute approximate surface area is 131 Å². The van der Waals surface area contributed by atoms with Crippen molar-refractivity contribution < 1.29 is 9.72 Å². The molecule has 1 amide bonds. The summed E-state index contributed by atoms with van der Waals surface area (Å²) in [5.74, 6) is 0.0171. The number of nitro groups is 1. The van der Waals surface area contributed by atoms with E-state index in [1.165, 1.54) is 23.9 Å². The fourth-order valence-electron chi connectivity index (χ4n) is 1.54. The van der Waals surface area contributed by atoms with E-state index in [2.05, 4.69) is 15.5 Å². The molecular weight excluding hydrogens is 304 g/mol. The summed E-state index contributed by atoms with van der Waals surface area (Å²) in [7, 11) is 0. The van der Waals surface area contributed by atoms with E-state index in [0.717, 1.165) is 0 Å². The van der Waals surface area contributed by atoms with Gasteiger partial charge in [0, 0.05) is 18.3 Å². The molecule has 0 unspecified atom stereocenters. The average molecular weight is 318 g/mol. The lowest BCUT2D eigenvalue weighted by molar-refractivity contribution is -0.384. The third kappa shape index (κ3) is 4.26. The van der Waals surface area contributed by atoms with Gasteiger partial charge in [0.15, 0.2) is 5.17 Å². The number of benzene rings is 1. The summed E-state index contributed by atoms with van der Waals surface area (Å²) in [6.07, 6.45) is 3.33. The second-order valence-electron chi connectivity index (χ2n) is 4.83. The summed E-state index contributed by atoms with van der Waals surface area (Å²) >= 11 is 1.18. The van der Waals surface area contributed by atoms with Gasteiger partial charge in [0.05, 0.1) is 9.83 Å². The van der Waals surface area contributed by atoms with E-state index in [1.807, 2.05) is 13.8 Å². The highest BCUT2D eigenvalue weighted by atomic mass is 32.2. The first kappa shape index (κ1) is 15.9. The summed E-state index contributed by atoms with van der Waals surface area (Å²) in [6.45, 7) is 3.95. The highest BCUT2D eigenvalue weighted by Gasteiger charge is 2.23. The molecule has 1 aliphatic heterocycles. The zero-order chi connectivity index (χ0) is 16.1. The molecule has 0 atom stereocenters. The minimum Gasteiger partial charge on any atom is -0.299 e. The maximum atomic E-state index is 11.8. The van der Waals surface area contributed by atoms with Crippen LogP contribution in [0.3, 0.4) is 0 Å². The molecule has 22 heavy (non-hydrogen) atoms. The van der Waals surface area contributed by atoms with Crippen molar-refractivity contribution in [3.05, 3.63) is 44.8 Å². The smallest absolute Gasteiger partial charge is 0.269 e. The predicted molar refractivity (Wildman–Crippen MR) is 87.6 cm³/mol. The number of amides is 1. The molecule has 0 aromatic heterocycles. The van der Waals surface area contributed by atoms with Gasteiger partial charge in [-0.15, -0.1) is 5.10 Å². The van der Waals surface area contributed by atoms with E-state index in [-0.39, 0.29) is 17.5 Å². The molecule has 1 aromatic carbocycles. The number of hydrogen-bond donors (Lipinski definition) is 1. The number of rotatable bonds is 4. The first-order valence-corrected chi connectivity index (χ1v) is 7.34. The lowest BCUT2D eigenvalue weighted by Crippen LogP contribution is -2.19. The average Bonchev–Trinajstić information content (AvgIpc) is 2.79. The minimum absolute atomic E-state index is 0.0101. The number of carbonyl (C=O) groups excluding carboxylic acids is 1. The first-order chi connectivity index (χ1) is 10.5. The molecule has 0 aliphatic carbocycles. The highest BCUT2D eigenvalue weighted by Crippen LogP contribution is 2.26. The Morgan fingerprint density at radius 1 is 1.32 bits per heavy atom. The molecule has 1 N–H and O–H groups in total. The molecule has 0 saturated carbocycles. The molecule has 1 fully saturated rings. The molecule has 0 bridgehead atoms. The van der Waals surface area contributed by atoms with Gasteiger partial charge in [-0.2, -0.15) is 5.10 Å². The van der Waals surface area contributed by atoms with Crippen LogP contribution >= 0.6 is 11.8 Å². The van der Waals surface area contributed by atoms with Crippen LogP contribution in [-0.4, -0.2) is 22.2 Å². The van der Waals surface area contributed by atoms with Gasteiger partial charge in [-0.1, -0.05) is 13.8 Å². The first-order valence-electron chi connectivity index (χ1n) is 6.52. The molecule has 0 radical (unpaired) electrons. The van der Waals surface area contributed by atoms with Crippen LogP contribution in [0.5, 0.6) is 0 Å². The SMILES string of the molecule is CC(C)/C=N/N=C1/NC(=O)/C(=C/c2ccc([N+](=O)[O-])cc2)S1. The maximum absolute atomic E-state index is 11.8. The molecule has 8 heteroatoms. The number of nitrogens with zero attached hydrogens (tertiary/aromatic N) is 3. The Bertz CT molecular complexity index is 678. The number of thioether (sulfide) groups is 1. The number of non-ortho nitro benzene ring substituents is 1. The quantitative estimate of drug-likeness (QED) is 0.399. The van der Waals surface area contributed by atoms with Crippen LogP contribution in [0.4, 0.5) is 5.69 Å². The fraction of sp³-hybridized carbons (Fsp3) is 0.214. The van der Waals surface area contributed by atoms with Crippen LogP contribution in [0.25, 0.3) is 6.08 Å². The number of nitrogens with one attached hydrogen (secondary N) is 1. The number of nitro benzene ring substituents is 1. The zero-order valence-electron chi connectivity index (χ0n) is 12.0. The summed E-state index contributed by atoms with van der Waals surface area (Å²) in [4.78, 5) is 22.4. The zero-order valence-corrected chi connectivity index (χ0v) is 12.8. The lowest BCUT2D eigenvalue weighted by atomic mass is 10.2. The Balaban J connectivity index is 2.12. The van der Waals surface area contributed by atoms with Gasteiger partial charge in [0.25, 0.3) is 11.6 Å². The molecule has 1 aromatic rings. The number of hydrogen-bond acceptors (Lipinski definition) is 6. The van der Waals surface area contributed by atoms with Crippen molar-refractivity contribution in [3.8, 4) is 0 Å². The van der Waals surface area contributed by atoms with Crippen molar-refractivity contribution in [1.29, 1.82) is 0 Å². The Morgan fingerprint density at radius 2 is 2.00 bits per heavy atom. The number of amidine groups is 1. The molecule has 7 nitrogen and oxygen atoms in total. The van der Waals surface area contributed by atoms with Gasteiger partial charge in [-0.25, -0.2) is 0 Å². The van der Waals surface area contributed by atoms with Crippen molar-refractivity contribution in [1.82, 2.24) is 5.32 Å². The van der Waals surface area contributed by atoms with E-state index < -0.39 is 4.92 Å². The standard InChI is InChI=1S/C14H14N4O3S/c1-9(2)8-15-17-14-16-13(19)12(22-14)7-10-3-5-11(6-4-10)18(20)21/h3-9H,1-2H3,(H,16,17,19)/b12-7-,15-8+. The summed E-state index contributed by atoms with van der Waals surface area (Å²) in [6, 6.07) is 5.97. The molecule has 114 valence electrons. The lowest BCUT2D eigenvalue weighted by Gasteiger charge is -1.95. The van der Waals surface area contributed by atoms with Crippen LogP contribution in [-0.2, 0) is 4.79 Å². The van der Waals surface area contributed by atoms with E-state index in [1.54, 1.807) is 24.4 Å². The Hall–Kier alpha value is -2.48. The maximum Gasteiger partial charge on any atom is 0.269 e. The van der Waals surface area contributed by atoms with Crippen molar-refractivity contribution in [3.63, 3.8) is 0 Å². The van der Waals surface area contributed by atoms with E-state index in [4.69, 9.17) is 0 Å². The van der Waals surface area contributed by atoms with Crippen LogP contribution < -0.4 is 5.32 Å². The predicted octanol–water partition coefficient (Wildman–Crippen LogP) is 2.80. The number of carbonyl (C=O) groups is 1. The van der Waals surface area contributed by atoms with Gasteiger partial charge in [-0.3, -0.25) is 20.2 Å². The largest absolute Gasteiger partial charge is 0.299 e. The Morgan fingerprint density at radius 3 is 2.59 bits per heavy atom. The molecule has 0 spiro atoms. The fourth-order valence-corrected chi connectivity index (χ4v) is 2.32. The van der Waals surface area contributed by atoms with E-state index >= 15 is 0 Å². The molecule has 2 rings (SSSR count). The second kappa shape index (κ2) is 6.99. The summed E-state index contributed by atoms with van der Waals surface area (Å²) in [5, 5.41) is 21.4. The third-order valence-electron chi connectivity index (χ3n) is 2.57. The third-order valence-corrected chi connectivity index (χ3v) is 3.47. The van der Waals surface area contributed by atoms with Gasteiger partial charge >= 0.3 is 0 Å². The van der Waals surface area contributed by atoms with E-state index in [9.17, 15) is 14.9 Å². The Kier molecular flexibility index (Phi) is 5.05. The molecule has 1 saturated heterocycles. The monoisotopic (exact) mass is 318 g/mol. The normalized spacial score (nSPS) is 18.6. The summed E-state index contributed by atoms with van der Waals surface area (Å²) < 4.78 is 0. The van der Waals surface area contributed by atoms with Crippen molar-refractivity contribution in [2.24, 2.45) is 16.1 Å². The van der Waals surface area contributed by atoms with Crippen molar-refractivity contribution >= 4 is 40.8 Å². The van der Waals surface area contributed by atoms with Crippen LogP contribution in [0.2, 0.25) is 0 Å². The van der Waals surface area contributed by atoms with Gasteiger partial charge in [0.1, 0.15) is 0 Å². The van der Waals surface area contributed by atoms with Crippen LogP contribution in [0, 0.1) is 16.0 Å². The second-order valence-corrected chi connectivity index (χ2v) is 5.86.